The summed E-state index contributed by atoms with van der Waals surface area (Å²) in [6.07, 6.45) is 4.28. The monoisotopic (exact) mass is 341 g/mol. The van der Waals surface area contributed by atoms with Crippen LogP contribution in [0.25, 0.3) is 0 Å². The van der Waals surface area contributed by atoms with Crippen LogP contribution in [0.5, 0.6) is 0 Å². The zero-order chi connectivity index (χ0) is 17.4. The molecule has 2 unspecified atom stereocenters. The average molecular weight is 341 g/mol. The third-order valence-corrected chi connectivity index (χ3v) is 6.11. The van der Waals surface area contributed by atoms with E-state index in [1.54, 1.807) is 0 Å². The van der Waals surface area contributed by atoms with Gasteiger partial charge in [0, 0.05) is 32.1 Å². The Morgan fingerprint density at radius 1 is 1.04 bits per heavy atom. The lowest BCUT2D eigenvalue weighted by atomic mass is 9.84. The van der Waals surface area contributed by atoms with Gasteiger partial charge in [-0.3, -0.25) is 4.79 Å². The molecule has 1 saturated heterocycles. The Labute approximate surface area is 149 Å². The topological polar surface area (TPSA) is 52.7 Å². The van der Waals surface area contributed by atoms with Gasteiger partial charge >= 0.3 is 6.03 Å². The van der Waals surface area contributed by atoms with E-state index >= 15 is 0 Å². The fraction of sp³-hybridized carbons (Fsp3) is 0.600. The highest BCUT2D eigenvalue weighted by Crippen LogP contribution is 2.35. The van der Waals surface area contributed by atoms with Crippen molar-refractivity contribution in [3.8, 4) is 0 Å². The molecule has 1 aromatic carbocycles. The number of nitrogens with zero attached hydrogens (tertiary/aromatic N) is 2. The van der Waals surface area contributed by atoms with Gasteiger partial charge in [0.1, 0.15) is 0 Å². The molecule has 1 N–H and O–H groups in total. The van der Waals surface area contributed by atoms with Crippen molar-refractivity contribution in [2.24, 2.45) is 11.8 Å². The molecule has 3 aliphatic rings. The normalized spacial score (nSPS) is 26.1. The van der Waals surface area contributed by atoms with Crippen LogP contribution in [0.1, 0.15) is 43.4 Å². The second-order valence-corrected chi connectivity index (χ2v) is 7.75. The molecule has 25 heavy (non-hydrogen) atoms. The van der Waals surface area contributed by atoms with Crippen LogP contribution in [-0.4, -0.2) is 47.9 Å². The number of hydrogen-bond acceptors (Lipinski definition) is 2. The predicted molar refractivity (Wildman–Crippen MR) is 96.1 cm³/mol. The predicted octanol–water partition coefficient (Wildman–Crippen LogP) is 2.57. The third-order valence-electron chi connectivity index (χ3n) is 6.11. The summed E-state index contributed by atoms with van der Waals surface area (Å²) >= 11 is 0. The molecule has 1 saturated carbocycles. The molecule has 0 spiro atoms. The SMILES string of the molecule is CC1Cc2ccccc2C1NC(=O)N1CCN(C(=O)C2CCC2)CC1. The zero-order valence-electron chi connectivity index (χ0n) is 14.9. The van der Waals surface area contributed by atoms with E-state index in [0.717, 1.165) is 19.3 Å². The molecule has 5 nitrogen and oxygen atoms in total. The summed E-state index contributed by atoms with van der Waals surface area (Å²) in [5.41, 5.74) is 2.60. The standard InChI is InChI=1S/C20H27N3O2/c1-14-13-16-5-2-3-8-17(16)18(14)21-20(25)23-11-9-22(10-12-23)19(24)15-6-4-7-15/h2-3,5,8,14-15,18H,4,6-7,9-13H2,1H3,(H,21,25). The minimum absolute atomic E-state index is 0.00398. The molecule has 5 heteroatoms. The minimum atomic E-state index is 0.00398. The molecular formula is C20H27N3O2. The molecule has 2 fully saturated rings. The van der Waals surface area contributed by atoms with E-state index in [-0.39, 0.29) is 18.0 Å². The Kier molecular flexibility index (Phi) is 4.40. The molecule has 1 heterocycles. The quantitative estimate of drug-likeness (QED) is 0.899. The summed E-state index contributed by atoms with van der Waals surface area (Å²) in [4.78, 5) is 28.8. The summed E-state index contributed by atoms with van der Waals surface area (Å²) < 4.78 is 0. The van der Waals surface area contributed by atoms with Gasteiger partial charge in [-0.15, -0.1) is 0 Å². The molecule has 3 amide bonds. The highest BCUT2D eigenvalue weighted by atomic mass is 16.2. The first-order chi connectivity index (χ1) is 12.1. The van der Waals surface area contributed by atoms with Gasteiger partial charge in [0.05, 0.1) is 6.04 Å². The Bertz CT molecular complexity index is 663. The molecule has 134 valence electrons. The first-order valence-electron chi connectivity index (χ1n) is 9.55. The van der Waals surface area contributed by atoms with Gasteiger partial charge in [0.25, 0.3) is 0 Å². The van der Waals surface area contributed by atoms with Crippen molar-refractivity contribution >= 4 is 11.9 Å². The van der Waals surface area contributed by atoms with Crippen LogP contribution in [0, 0.1) is 11.8 Å². The molecule has 0 bridgehead atoms. The summed E-state index contributed by atoms with van der Waals surface area (Å²) in [7, 11) is 0. The van der Waals surface area contributed by atoms with E-state index < -0.39 is 0 Å². The molecule has 2 atom stereocenters. The number of piperazine rings is 1. The maximum absolute atomic E-state index is 12.7. The van der Waals surface area contributed by atoms with E-state index in [2.05, 4.69) is 30.4 Å². The molecule has 0 radical (unpaired) electrons. The van der Waals surface area contributed by atoms with Crippen LogP contribution >= 0.6 is 0 Å². The Balaban J connectivity index is 1.33. The summed E-state index contributed by atoms with van der Waals surface area (Å²) in [6, 6.07) is 8.49. The second-order valence-electron chi connectivity index (χ2n) is 7.75. The Hall–Kier alpha value is -2.04. The maximum Gasteiger partial charge on any atom is 0.318 e. The molecular weight excluding hydrogens is 314 g/mol. The van der Waals surface area contributed by atoms with Crippen molar-refractivity contribution in [1.29, 1.82) is 0 Å². The van der Waals surface area contributed by atoms with Crippen molar-refractivity contribution in [2.45, 2.75) is 38.6 Å². The number of urea groups is 1. The van der Waals surface area contributed by atoms with Gasteiger partial charge in [0.2, 0.25) is 5.91 Å². The minimum Gasteiger partial charge on any atom is -0.339 e. The third kappa shape index (κ3) is 3.12. The number of rotatable bonds is 2. The Morgan fingerprint density at radius 3 is 2.40 bits per heavy atom. The number of nitrogens with one attached hydrogen (secondary N) is 1. The van der Waals surface area contributed by atoms with Crippen LogP contribution in [-0.2, 0) is 11.2 Å². The number of fused-ring (bicyclic) bond motifs is 1. The van der Waals surface area contributed by atoms with Crippen LogP contribution in [0.3, 0.4) is 0 Å². The van der Waals surface area contributed by atoms with E-state index in [0.29, 0.717) is 38.0 Å². The van der Waals surface area contributed by atoms with E-state index in [1.165, 1.54) is 17.5 Å². The van der Waals surface area contributed by atoms with Crippen LogP contribution in [0.15, 0.2) is 24.3 Å². The van der Waals surface area contributed by atoms with Crippen molar-refractivity contribution in [3.63, 3.8) is 0 Å². The molecule has 0 aromatic heterocycles. The fourth-order valence-corrected chi connectivity index (χ4v) is 4.28. The highest BCUT2D eigenvalue weighted by Gasteiger charge is 2.34. The first-order valence-corrected chi connectivity index (χ1v) is 9.55. The zero-order valence-corrected chi connectivity index (χ0v) is 14.9. The van der Waals surface area contributed by atoms with Crippen LogP contribution < -0.4 is 5.32 Å². The fourth-order valence-electron chi connectivity index (χ4n) is 4.28. The van der Waals surface area contributed by atoms with E-state index in [9.17, 15) is 9.59 Å². The smallest absolute Gasteiger partial charge is 0.318 e. The number of carbonyl (C=O) groups is 2. The lowest BCUT2D eigenvalue weighted by molar-refractivity contribution is -0.139. The first kappa shape index (κ1) is 16.4. The highest BCUT2D eigenvalue weighted by molar-refractivity contribution is 5.80. The number of benzene rings is 1. The molecule has 2 aliphatic carbocycles. The molecule has 1 aliphatic heterocycles. The van der Waals surface area contributed by atoms with Crippen molar-refractivity contribution in [1.82, 2.24) is 15.1 Å². The van der Waals surface area contributed by atoms with Gasteiger partial charge < -0.3 is 15.1 Å². The van der Waals surface area contributed by atoms with Gasteiger partial charge in [-0.25, -0.2) is 4.79 Å². The van der Waals surface area contributed by atoms with Crippen molar-refractivity contribution < 1.29 is 9.59 Å². The van der Waals surface area contributed by atoms with E-state index in [1.807, 2.05) is 15.9 Å². The summed E-state index contributed by atoms with van der Waals surface area (Å²) in [5, 5.41) is 3.23. The number of carbonyl (C=O) groups excluding carboxylic acids is 2. The van der Waals surface area contributed by atoms with Gasteiger partial charge in [-0.2, -0.15) is 0 Å². The number of hydrogen-bond donors (Lipinski definition) is 1. The van der Waals surface area contributed by atoms with Gasteiger partial charge in [0.15, 0.2) is 0 Å². The van der Waals surface area contributed by atoms with Crippen LogP contribution in [0.2, 0.25) is 0 Å². The van der Waals surface area contributed by atoms with E-state index in [4.69, 9.17) is 0 Å². The van der Waals surface area contributed by atoms with Gasteiger partial charge in [-0.05, 0) is 36.3 Å². The van der Waals surface area contributed by atoms with Crippen molar-refractivity contribution in [3.05, 3.63) is 35.4 Å². The molecule has 1 aromatic rings. The van der Waals surface area contributed by atoms with Crippen molar-refractivity contribution in [2.75, 3.05) is 26.2 Å². The number of amides is 3. The summed E-state index contributed by atoms with van der Waals surface area (Å²) in [5.74, 6) is 0.962. The lowest BCUT2D eigenvalue weighted by Gasteiger charge is -2.38. The maximum atomic E-state index is 12.7. The molecule has 4 rings (SSSR count). The largest absolute Gasteiger partial charge is 0.339 e. The average Bonchev–Trinajstić information content (AvgIpc) is 2.89. The lowest BCUT2D eigenvalue weighted by Crippen LogP contribution is -2.55. The second kappa shape index (κ2) is 6.70. The Morgan fingerprint density at radius 2 is 1.72 bits per heavy atom. The van der Waals surface area contributed by atoms with Gasteiger partial charge in [-0.1, -0.05) is 37.6 Å². The summed E-state index contributed by atoms with van der Waals surface area (Å²) in [6.45, 7) is 4.79. The van der Waals surface area contributed by atoms with Crippen LogP contribution in [0.4, 0.5) is 4.79 Å².